The topological polar surface area (TPSA) is 15.6 Å². The van der Waals surface area contributed by atoms with Crippen molar-refractivity contribution in [2.45, 2.75) is 20.8 Å². The molecule has 1 aromatic carbocycles. The lowest BCUT2D eigenvalue weighted by molar-refractivity contribution is 0.643. The van der Waals surface area contributed by atoms with Gasteiger partial charge in [0.25, 0.3) is 0 Å². The fourth-order valence-corrected chi connectivity index (χ4v) is 1.55. The lowest BCUT2D eigenvalue weighted by Crippen LogP contribution is -2.07. The number of aliphatic imine (C=N–C) groups is 1. The van der Waals surface area contributed by atoms with Gasteiger partial charge >= 0.3 is 0 Å². The van der Waals surface area contributed by atoms with Gasteiger partial charge in [0.15, 0.2) is 0 Å². The van der Waals surface area contributed by atoms with Crippen LogP contribution in [0.5, 0.6) is 0 Å². The van der Waals surface area contributed by atoms with Crippen LogP contribution in [-0.2, 0) is 0 Å². The van der Waals surface area contributed by atoms with Crippen molar-refractivity contribution in [3.63, 3.8) is 0 Å². The first-order chi connectivity index (χ1) is 6.50. The molecule has 0 unspecified atom stereocenters. The Bertz CT molecular complexity index is 334. The van der Waals surface area contributed by atoms with Crippen LogP contribution in [0.15, 0.2) is 17.1 Å². The van der Waals surface area contributed by atoms with Crippen LogP contribution in [0.4, 0.5) is 5.69 Å². The number of hydrogen-bond acceptors (Lipinski definition) is 1. The zero-order valence-electron chi connectivity index (χ0n) is 10.0. The maximum absolute atomic E-state index is 4.45. The monoisotopic (exact) mass is 226 g/mol. The van der Waals surface area contributed by atoms with Crippen molar-refractivity contribution in [1.29, 1.82) is 0 Å². The van der Waals surface area contributed by atoms with Gasteiger partial charge in [-0.2, -0.15) is 0 Å². The SMILES string of the molecule is Cc1cc(C)c(N=CN(C)C)c(C)c1.Cl. The van der Waals surface area contributed by atoms with E-state index in [4.69, 9.17) is 0 Å². The Hall–Kier alpha value is -1.02. The van der Waals surface area contributed by atoms with E-state index in [1.807, 2.05) is 25.3 Å². The fourth-order valence-electron chi connectivity index (χ4n) is 1.55. The van der Waals surface area contributed by atoms with Crippen LogP contribution in [0.3, 0.4) is 0 Å². The van der Waals surface area contributed by atoms with Crippen molar-refractivity contribution in [3.05, 3.63) is 28.8 Å². The third-order valence-corrected chi connectivity index (χ3v) is 2.05. The number of halogens is 1. The number of nitrogens with zero attached hydrogens (tertiary/aromatic N) is 2. The molecule has 0 atom stereocenters. The Labute approximate surface area is 98.4 Å². The summed E-state index contributed by atoms with van der Waals surface area (Å²) >= 11 is 0. The molecular weight excluding hydrogens is 208 g/mol. The van der Waals surface area contributed by atoms with Crippen LogP contribution in [-0.4, -0.2) is 25.3 Å². The predicted molar refractivity (Wildman–Crippen MR) is 69.7 cm³/mol. The van der Waals surface area contributed by atoms with Gasteiger partial charge in [0.2, 0.25) is 0 Å². The van der Waals surface area contributed by atoms with Crippen LogP contribution in [0.1, 0.15) is 16.7 Å². The lowest BCUT2D eigenvalue weighted by Gasteiger charge is -2.08. The number of hydrogen-bond donors (Lipinski definition) is 0. The second-order valence-corrected chi connectivity index (χ2v) is 3.96. The third-order valence-electron chi connectivity index (χ3n) is 2.05. The van der Waals surface area contributed by atoms with Crippen LogP contribution in [0.25, 0.3) is 0 Å². The molecule has 0 aromatic heterocycles. The molecule has 0 fully saturated rings. The van der Waals surface area contributed by atoms with E-state index in [9.17, 15) is 0 Å². The first kappa shape index (κ1) is 14.0. The van der Waals surface area contributed by atoms with E-state index < -0.39 is 0 Å². The quantitative estimate of drug-likeness (QED) is 0.558. The van der Waals surface area contributed by atoms with Crippen molar-refractivity contribution >= 4 is 24.4 Å². The van der Waals surface area contributed by atoms with Gasteiger partial charge in [-0.3, -0.25) is 0 Å². The number of aryl methyl sites for hydroxylation is 3. The maximum atomic E-state index is 4.45. The Morgan fingerprint density at radius 3 is 1.93 bits per heavy atom. The molecule has 0 spiro atoms. The highest BCUT2D eigenvalue weighted by molar-refractivity contribution is 5.85. The van der Waals surface area contributed by atoms with E-state index >= 15 is 0 Å². The summed E-state index contributed by atoms with van der Waals surface area (Å²) in [5.41, 5.74) is 4.86. The minimum atomic E-state index is 0. The normalized spacial score (nSPS) is 10.2. The molecule has 0 aliphatic heterocycles. The highest BCUT2D eigenvalue weighted by atomic mass is 35.5. The zero-order valence-corrected chi connectivity index (χ0v) is 10.9. The zero-order chi connectivity index (χ0) is 10.7. The Morgan fingerprint density at radius 1 is 1.07 bits per heavy atom. The van der Waals surface area contributed by atoms with Gasteiger partial charge < -0.3 is 4.90 Å². The molecule has 1 aromatic rings. The summed E-state index contributed by atoms with van der Waals surface area (Å²) in [6.07, 6.45) is 1.84. The molecule has 0 aliphatic carbocycles. The maximum Gasteiger partial charge on any atom is 0.0907 e. The van der Waals surface area contributed by atoms with E-state index in [0.29, 0.717) is 0 Å². The van der Waals surface area contributed by atoms with Crippen molar-refractivity contribution < 1.29 is 0 Å². The van der Waals surface area contributed by atoms with Gasteiger partial charge in [0.1, 0.15) is 0 Å². The average molecular weight is 227 g/mol. The van der Waals surface area contributed by atoms with Crippen molar-refractivity contribution in [2.24, 2.45) is 4.99 Å². The van der Waals surface area contributed by atoms with Crippen LogP contribution in [0.2, 0.25) is 0 Å². The van der Waals surface area contributed by atoms with Crippen LogP contribution < -0.4 is 0 Å². The third kappa shape index (κ3) is 3.92. The summed E-state index contributed by atoms with van der Waals surface area (Å²) in [6.45, 7) is 6.31. The van der Waals surface area contributed by atoms with E-state index in [1.165, 1.54) is 16.7 Å². The second-order valence-electron chi connectivity index (χ2n) is 3.96. The summed E-state index contributed by atoms with van der Waals surface area (Å²) in [4.78, 5) is 6.39. The molecule has 15 heavy (non-hydrogen) atoms. The smallest absolute Gasteiger partial charge is 0.0907 e. The molecule has 2 nitrogen and oxygen atoms in total. The minimum absolute atomic E-state index is 0. The van der Waals surface area contributed by atoms with Gasteiger partial charge in [-0.25, -0.2) is 4.99 Å². The Kier molecular flexibility index (Phi) is 5.37. The molecule has 84 valence electrons. The van der Waals surface area contributed by atoms with Crippen LogP contribution in [0, 0.1) is 20.8 Å². The lowest BCUT2D eigenvalue weighted by atomic mass is 10.1. The standard InChI is InChI=1S/C12H18N2.ClH/c1-9-6-10(2)12(11(3)7-9)13-8-14(4)5;/h6-8H,1-5H3;1H. The fraction of sp³-hybridized carbons (Fsp3) is 0.417. The first-order valence-corrected chi connectivity index (χ1v) is 4.79. The molecule has 0 bridgehead atoms. The molecule has 0 aliphatic rings. The van der Waals surface area contributed by atoms with E-state index in [-0.39, 0.29) is 12.4 Å². The van der Waals surface area contributed by atoms with Gasteiger partial charge in [-0.05, 0) is 31.9 Å². The van der Waals surface area contributed by atoms with Crippen molar-refractivity contribution in [3.8, 4) is 0 Å². The molecule has 1 rings (SSSR count). The second kappa shape index (κ2) is 5.76. The first-order valence-electron chi connectivity index (χ1n) is 4.79. The van der Waals surface area contributed by atoms with Gasteiger partial charge in [0.05, 0.1) is 12.0 Å². The summed E-state index contributed by atoms with van der Waals surface area (Å²) in [5, 5.41) is 0. The molecule has 0 amide bonds. The highest BCUT2D eigenvalue weighted by Gasteiger charge is 2.00. The molecule has 0 saturated heterocycles. The molecule has 0 radical (unpaired) electrons. The summed E-state index contributed by atoms with van der Waals surface area (Å²) < 4.78 is 0. The Morgan fingerprint density at radius 2 is 1.53 bits per heavy atom. The van der Waals surface area contributed by atoms with E-state index in [0.717, 1.165) is 5.69 Å². The largest absolute Gasteiger partial charge is 0.369 e. The summed E-state index contributed by atoms with van der Waals surface area (Å²) in [6, 6.07) is 4.32. The molecule has 0 saturated carbocycles. The summed E-state index contributed by atoms with van der Waals surface area (Å²) in [5.74, 6) is 0. The number of rotatable bonds is 2. The van der Waals surface area contributed by atoms with E-state index in [1.54, 1.807) is 0 Å². The summed E-state index contributed by atoms with van der Waals surface area (Å²) in [7, 11) is 3.95. The van der Waals surface area contributed by atoms with Crippen molar-refractivity contribution in [1.82, 2.24) is 4.90 Å². The van der Waals surface area contributed by atoms with Gasteiger partial charge in [-0.1, -0.05) is 17.7 Å². The average Bonchev–Trinajstić information content (AvgIpc) is 2.01. The van der Waals surface area contributed by atoms with E-state index in [2.05, 4.69) is 37.9 Å². The molecule has 3 heteroatoms. The molecule has 0 heterocycles. The van der Waals surface area contributed by atoms with Crippen LogP contribution >= 0.6 is 12.4 Å². The van der Waals surface area contributed by atoms with Gasteiger partial charge in [0, 0.05) is 14.1 Å². The molecule has 0 N–H and O–H groups in total. The highest BCUT2D eigenvalue weighted by Crippen LogP contribution is 2.24. The molecular formula is C12H19ClN2. The number of benzene rings is 1. The van der Waals surface area contributed by atoms with Gasteiger partial charge in [-0.15, -0.1) is 12.4 Å². The van der Waals surface area contributed by atoms with Crippen molar-refractivity contribution in [2.75, 3.05) is 14.1 Å². The minimum Gasteiger partial charge on any atom is -0.369 e. The Balaban J connectivity index is 0.00000196. The predicted octanol–water partition coefficient (Wildman–Crippen LogP) is 3.26.